The number of hydrogen-bond acceptors (Lipinski definition) is 9. The van der Waals surface area contributed by atoms with E-state index in [2.05, 4.69) is 31.6 Å². The van der Waals surface area contributed by atoms with E-state index < -0.39 is 59.2 Å². The number of nitrogens with zero attached hydrogens (tertiary/aromatic N) is 4. The third-order valence-electron chi connectivity index (χ3n) is 11.1. The van der Waals surface area contributed by atoms with Crippen LogP contribution in [0.3, 0.4) is 0 Å². The Hall–Kier alpha value is -5.38. The summed E-state index contributed by atoms with van der Waals surface area (Å²) in [4.78, 5) is 81.8. The van der Waals surface area contributed by atoms with Crippen LogP contribution in [0, 0.1) is 11.8 Å². The van der Waals surface area contributed by atoms with Crippen molar-refractivity contribution >= 4 is 46.2 Å². The quantitative estimate of drug-likeness (QED) is 0.0818. The monoisotopic (exact) mass is 801 g/mol. The van der Waals surface area contributed by atoms with Gasteiger partial charge in [0.05, 0.1) is 24.0 Å². The van der Waals surface area contributed by atoms with Crippen LogP contribution in [0.1, 0.15) is 114 Å². The molecule has 1 saturated carbocycles. The third kappa shape index (κ3) is 11.6. The van der Waals surface area contributed by atoms with E-state index in [1.807, 2.05) is 44.2 Å². The summed E-state index contributed by atoms with van der Waals surface area (Å²) in [5.41, 5.74) is 4.84. The lowest BCUT2D eigenvalue weighted by Crippen LogP contribution is -2.56. The van der Waals surface area contributed by atoms with Gasteiger partial charge in [0.1, 0.15) is 17.7 Å². The molecule has 0 spiro atoms. The highest BCUT2D eigenvalue weighted by atomic mass is 16.3. The fourth-order valence-corrected chi connectivity index (χ4v) is 7.93. The van der Waals surface area contributed by atoms with Crippen LogP contribution in [0.5, 0.6) is 0 Å². The molecule has 0 bridgehead atoms. The first-order valence-corrected chi connectivity index (χ1v) is 20.5. The van der Waals surface area contributed by atoms with Crippen molar-refractivity contribution in [2.75, 3.05) is 19.6 Å². The second-order valence-electron chi connectivity index (χ2n) is 16.7. The second kappa shape index (κ2) is 19.9. The van der Waals surface area contributed by atoms with Crippen LogP contribution in [0.2, 0.25) is 0 Å². The number of carbonyl (C=O) groups excluding carboxylic acids is 6. The summed E-state index contributed by atoms with van der Waals surface area (Å²) in [7, 11) is 0. The van der Waals surface area contributed by atoms with Gasteiger partial charge in [0.25, 0.3) is 11.8 Å². The molecule has 4 atom stereocenters. The van der Waals surface area contributed by atoms with Crippen LogP contribution in [-0.2, 0) is 24.8 Å². The Kier molecular flexibility index (Phi) is 15.0. The molecular formula is C42H59N9O7. The summed E-state index contributed by atoms with van der Waals surface area (Å²) in [5, 5.41) is 32.3. The summed E-state index contributed by atoms with van der Waals surface area (Å²) in [5.74, 6) is -3.30. The van der Waals surface area contributed by atoms with Gasteiger partial charge in [-0.2, -0.15) is 0 Å². The molecule has 6 amide bonds. The maximum Gasteiger partial charge on any atom is 0.314 e. The number of urea groups is 1. The van der Waals surface area contributed by atoms with Crippen LogP contribution in [-0.4, -0.2) is 98.2 Å². The number of rotatable bonds is 18. The minimum atomic E-state index is -1.35. The van der Waals surface area contributed by atoms with Gasteiger partial charge in [0, 0.05) is 31.6 Å². The molecule has 314 valence electrons. The highest BCUT2D eigenvalue weighted by Gasteiger charge is 2.45. The molecule has 2 aromatic carbocycles. The van der Waals surface area contributed by atoms with Crippen molar-refractivity contribution in [3.63, 3.8) is 0 Å². The number of aromatic nitrogens is 3. The molecule has 16 heteroatoms. The smallest absolute Gasteiger partial charge is 0.314 e. The maximum atomic E-state index is 14.9. The van der Waals surface area contributed by atoms with Gasteiger partial charge in [-0.3, -0.25) is 24.0 Å². The number of aliphatic hydroxyl groups is 1. The van der Waals surface area contributed by atoms with E-state index in [4.69, 9.17) is 5.73 Å². The molecule has 1 aromatic heterocycles. The lowest BCUT2D eigenvalue weighted by Gasteiger charge is -2.32. The number of ketones is 1. The third-order valence-corrected chi connectivity index (χ3v) is 11.1. The fraction of sp³-hybridized carbons (Fsp3) is 0.571. The summed E-state index contributed by atoms with van der Waals surface area (Å²) >= 11 is 0. The number of fused-ring (bicyclic) bond motifs is 1. The average molecular weight is 802 g/mol. The number of benzene rings is 2. The van der Waals surface area contributed by atoms with Gasteiger partial charge in [-0.25, -0.2) is 9.48 Å². The van der Waals surface area contributed by atoms with Crippen LogP contribution < -0.4 is 27.0 Å². The zero-order valence-corrected chi connectivity index (χ0v) is 34.0. The van der Waals surface area contributed by atoms with Gasteiger partial charge < -0.3 is 37.0 Å². The summed E-state index contributed by atoms with van der Waals surface area (Å²) in [6, 6.07) is 8.72. The first kappa shape index (κ1) is 43.7. The van der Waals surface area contributed by atoms with Crippen LogP contribution in [0.15, 0.2) is 48.7 Å². The summed E-state index contributed by atoms with van der Waals surface area (Å²) < 4.78 is 1.51. The van der Waals surface area contributed by atoms with Crippen molar-refractivity contribution in [1.29, 1.82) is 0 Å². The Morgan fingerprint density at radius 2 is 1.66 bits per heavy atom. The fourth-order valence-electron chi connectivity index (χ4n) is 7.93. The van der Waals surface area contributed by atoms with Crippen LogP contribution >= 0.6 is 0 Å². The minimum absolute atomic E-state index is 0.00462. The Morgan fingerprint density at radius 3 is 2.34 bits per heavy atom. The number of Topliss-reactive ketones (excluding diaryl/α,β-unsaturated/α-hetero) is 1. The molecule has 2 fully saturated rings. The summed E-state index contributed by atoms with van der Waals surface area (Å²) in [6.45, 7) is 7.94. The topological polar surface area (TPSA) is 231 Å². The number of unbranched alkanes of at least 4 members (excludes halogenated alkanes) is 1. The van der Waals surface area contributed by atoms with Crippen LogP contribution in [0.25, 0.3) is 10.8 Å². The standard InChI is InChI=1S/C42H59N9O7/c1-26(2)23-45-41(57)44-19-11-10-16-32(36(52)37(43)53)47-39(55)34-22-31(51-35(24-46-49-51)42(3,4)58)25-50(34)40(56)33(20-27-12-6-5-7-13-27)48-38(54)30-18-17-28-14-8-9-15-29(28)21-30/h8-9,14-15,17-18,21,24,26-27,31-34,58H,5-7,10-13,16,19-20,22-23,25H2,1-4H3,(H2,43,53)(H,47,55)(H,48,54)(H2,44,45,57)/t31-,32?,33+,34-/m0/s1. The number of nitrogens with two attached hydrogens (primary N) is 1. The molecule has 1 saturated heterocycles. The molecule has 1 aliphatic heterocycles. The molecule has 1 aliphatic carbocycles. The van der Waals surface area contributed by atoms with Crippen LogP contribution in [0.4, 0.5) is 4.79 Å². The predicted octanol–water partition coefficient (Wildman–Crippen LogP) is 3.23. The molecule has 16 nitrogen and oxygen atoms in total. The van der Waals surface area contributed by atoms with Gasteiger partial charge in [0.15, 0.2) is 0 Å². The predicted molar refractivity (Wildman–Crippen MR) is 217 cm³/mol. The molecule has 5 rings (SSSR count). The lowest BCUT2D eigenvalue weighted by atomic mass is 9.84. The number of likely N-dealkylation sites (tertiary alicyclic amines) is 1. The van der Waals surface area contributed by atoms with Crippen molar-refractivity contribution in [2.45, 2.75) is 122 Å². The number of primary amides is 1. The Morgan fingerprint density at radius 1 is 0.931 bits per heavy atom. The van der Waals surface area contributed by atoms with E-state index in [0.29, 0.717) is 43.6 Å². The van der Waals surface area contributed by atoms with Crippen molar-refractivity contribution in [3.8, 4) is 0 Å². The van der Waals surface area contributed by atoms with E-state index in [0.717, 1.165) is 42.9 Å². The van der Waals surface area contributed by atoms with Gasteiger partial charge in [-0.15, -0.1) is 5.10 Å². The first-order valence-electron chi connectivity index (χ1n) is 20.5. The van der Waals surface area contributed by atoms with Crippen molar-refractivity contribution in [2.24, 2.45) is 17.6 Å². The van der Waals surface area contributed by atoms with Gasteiger partial charge in [-0.1, -0.05) is 81.5 Å². The normalized spacial score (nSPS) is 18.4. The van der Waals surface area contributed by atoms with E-state index in [9.17, 15) is 33.9 Å². The molecule has 1 unspecified atom stereocenters. The maximum absolute atomic E-state index is 14.9. The molecule has 58 heavy (non-hydrogen) atoms. The number of carbonyl (C=O) groups is 6. The molecule has 0 radical (unpaired) electrons. The Bertz CT molecular complexity index is 1930. The highest BCUT2D eigenvalue weighted by molar-refractivity contribution is 6.37. The number of nitrogens with one attached hydrogen (secondary N) is 4. The SMILES string of the molecule is CC(C)CNC(=O)NCCCCC(NC(=O)[C@@H]1C[C@H](n2nncc2C(C)(C)O)CN1C(=O)[C@@H](CC1CCCCC1)NC(=O)c1ccc2ccccc2c1)C(=O)C(N)=O. The second-order valence-corrected chi connectivity index (χ2v) is 16.7. The minimum Gasteiger partial charge on any atom is -0.384 e. The first-order chi connectivity index (χ1) is 27.6. The highest BCUT2D eigenvalue weighted by Crippen LogP contribution is 2.34. The van der Waals surface area contributed by atoms with E-state index in [1.54, 1.807) is 26.0 Å². The zero-order valence-electron chi connectivity index (χ0n) is 34.0. The molecule has 2 aliphatic rings. The van der Waals surface area contributed by atoms with Crippen molar-refractivity contribution in [3.05, 3.63) is 59.9 Å². The zero-order chi connectivity index (χ0) is 42.0. The largest absolute Gasteiger partial charge is 0.384 e. The molecule has 3 aromatic rings. The Labute approximate surface area is 339 Å². The van der Waals surface area contributed by atoms with E-state index in [1.165, 1.54) is 15.8 Å². The van der Waals surface area contributed by atoms with E-state index >= 15 is 0 Å². The van der Waals surface area contributed by atoms with Gasteiger partial charge >= 0.3 is 6.03 Å². The van der Waals surface area contributed by atoms with E-state index in [-0.39, 0.29) is 37.3 Å². The van der Waals surface area contributed by atoms with Gasteiger partial charge in [0.2, 0.25) is 17.6 Å². The van der Waals surface area contributed by atoms with Gasteiger partial charge in [-0.05, 0) is 74.3 Å². The van der Waals surface area contributed by atoms with Crippen molar-refractivity contribution < 1.29 is 33.9 Å². The Balaban J connectivity index is 1.39. The number of amides is 6. The molecular weight excluding hydrogens is 743 g/mol. The number of hydrogen-bond donors (Lipinski definition) is 6. The lowest BCUT2D eigenvalue weighted by molar-refractivity contribution is -0.142. The molecule has 2 heterocycles. The molecule has 7 N–H and O–H groups in total. The van der Waals surface area contributed by atoms with Crippen molar-refractivity contribution in [1.82, 2.24) is 41.2 Å². The summed E-state index contributed by atoms with van der Waals surface area (Å²) in [6.07, 6.45) is 7.68. The average Bonchev–Trinajstić information content (AvgIpc) is 3.88.